The van der Waals surface area contributed by atoms with Gasteiger partial charge in [-0.05, 0) is 13.0 Å². The summed E-state index contributed by atoms with van der Waals surface area (Å²) in [6.45, 7) is 1.98. The molecule has 1 amide bonds. The van der Waals surface area contributed by atoms with Gasteiger partial charge in [0.25, 0.3) is 5.91 Å². The standard InChI is InChI=1S/C12H14ClN3O5/c1-7-4-15(5-8(6-17)21-7)12(18)9-2-3-14-11(13)10(9)16(19)20/h2-3,7-8,17H,4-6H2,1H3. The summed E-state index contributed by atoms with van der Waals surface area (Å²) in [6.07, 6.45) is 0.473. The molecule has 8 nitrogen and oxygen atoms in total. The Balaban J connectivity index is 2.32. The molecule has 1 aromatic heterocycles. The molecular formula is C12H14ClN3O5. The second-order valence-electron chi connectivity index (χ2n) is 4.72. The van der Waals surface area contributed by atoms with Crippen LogP contribution in [0.2, 0.25) is 5.15 Å². The van der Waals surface area contributed by atoms with Crippen molar-refractivity contribution in [2.45, 2.75) is 19.1 Å². The van der Waals surface area contributed by atoms with E-state index in [0.717, 1.165) is 0 Å². The van der Waals surface area contributed by atoms with Crippen LogP contribution in [-0.4, -0.2) is 57.7 Å². The number of aliphatic hydroxyl groups is 1. The first kappa shape index (κ1) is 15.6. The first-order valence-corrected chi connectivity index (χ1v) is 6.66. The van der Waals surface area contributed by atoms with E-state index in [1.165, 1.54) is 17.2 Å². The third-order valence-electron chi connectivity index (χ3n) is 3.11. The number of aliphatic hydroxyl groups excluding tert-OH is 1. The Hall–Kier alpha value is -1.77. The average molecular weight is 316 g/mol. The molecule has 0 saturated carbocycles. The van der Waals surface area contributed by atoms with Gasteiger partial charge in [-0.3, -0.25) is 14.9 Å². The number of hydrogen-bond acceptors (Lipinski definition) is 6. The number of rotatable bonds is 3. The fourth-order valence-electron chi connectivity index (χ4n) is 2.26. The summed E-state index contributed by atoms with van der Waals surface area (Å²) in [4.78, 5) is 27.8. The third kappa shape index (κ3) is 3.29. The fourth-order valence-corrected chi connectivity index (χ4v) is 2.48. The Morgan fingerprint density at radius 3 is 3.00 bits per heavy atom. The van der Waals surface area contributed by atoms with E-state index in [4.69, 9.17) is 21.4 Å². The lowest BCUT2D eigenvalue weighted by molar-refractivity contribution is -0.385. The van der Waals surface area contributed by atoms with E-state index in [0.29, 0.717) is 0 Å². The van der Waals surface area contributed by atoms with Crippen molar-refractivity contribution in [2.75, 3.05) is 19.7 Å². The van der Waals surface area contributed by atoms with E-state index < -0.39 is 22.6 Å². The Labute approximate surface area is 125 Å². The SMILES string of the molecule is CC1CN(C(=O)c2ccnc(Cl)c2[N+](=O)[O-])CC(CO)O1. The monoisotopic (exact) mass is 315 g/mol. The number of nitrogens with zero attached hydrogens (tertiary/aromatic N) is 3. The molecule has 1 saturated heterocycles. The van der Waals surface area contributed by atoms with Crippen LogP contribution in [0.4, 0.5) is 5.69 Å². The molecule has 114 valence electrons. The summed E-state index contributed by atoms with van der Waals surface area (Å²) >= 11 is 5.70. The van der Waals surface area contributed by atoms with Crippen LogP contribution in [-0.2, 0) is 4.74 Å². The molecule has 9 heteroatoms. The number of pyridine rings is 1. The summed E-state index contributed by atoms with van der Waals surface area (Å²) in [5, 5.41) is 19.9. The molecule has 2 rings (SSSR count). The van der Waals surface area contributed by atoms with Crippen molar-refractivity contribution in [3.8, 4) is 0 Å². The van der Waals surface area contributed by atoms with Crippen molar-refractivity contribution in [3.63, 3.8) is 0 Å². The van der Waals surface area contributed by atoms with Crippen molar-refractivity contribution in [1.29, 1.82) is 0 Å². The largest absolute Gasteiger partial charge is 0.394 e. The Kier molecular flexibility index (Phi) is 4.71. The van der Waals surface area contributed by atoms with Gasteiger partial charge in [0, 0.05) is 19.3 Å². The molecule has 1 aromatic rings. The summed E-state index contributed by atoms with van der Waals surface area (Å²) < 4.78 is 5.44. The van der Waals surface area contributed by atoms with Gasteiger partial charge < -0.3 is 14.7 Å². The predicted molar refractivity (Wildman–Crippen MR) is 73.2 cm³/mol. The van der Waals surface area contributed by atoms with Crippen LogP contribution in [0.5, 0.6) is 0 Å². The molecule has 1 aliphatic rings. The van der Waals surface area contributed by atoms with Crippen LogP contribution in [0, 0.1) is 10.1 Å². The van der Waals surface area contributed by atoms with Crippen molar-refractivity contribution in [1.82, 2.24) is 9.88 Å². The highest BCUT2D eigenvalue weighted by atomic mass is 35.5. The number of amides is 1. The summed E-state index contributed by atoms with van der Waals surface area (Å²) in [6, 6.07) is 1.26. The minimum absolute atomic E-state index is 0.120. The van der Waals surface area contributed by atoms with Crippen molar-refractivity contribution >= 4 is 23.2 Å². The van der Waals surface area contributed by atoms with Crippen LogP contribution >= 0.6 is 11.6 Å². The lowest BCUT2D eigenvalue weighted by Crippen LogP contribution is -2.50. The number of hydrogen-bond donors (Lipinski definition) is 1. The molecule has 0 bridgehead atoms. The third-order valence-corrected chi connectivity index (χ3v) is 3.39. The van der Waals surface area contributed by atoms with Crippen LogP contribution in [0.15, 0.2) is 12.3 Å². The number of halogens is 1. The minimum Gasteiger partial charge on any atom is -0.394 e. The van der Waals surface area contributed by atoms with Crippen molar-refractivity contribution < 1.29 is 19.6 Å². The van der Waals surface area contributed by atoms with Gasteiger partial charge in [0.2, 0.25) is 5.15 Å². The zero-order valence-corrected chi connectivity index (χ0v) is 12.0. The van der Waals surface area contributed by atoms with Crippen LogP contribution in [0.25, 0.3) is 0 Å². The molecular weight excluding hydrogens is 302 g/mol. The first-order valence-electron chi connectivity index (χ1n) is 6.28. The van der Waals surface area contributed by atoms with Crippen LogP contribution in [0.3, 0.4) is 0 Å². The van der Waals surface area contributed by atoms with Crippen molar-refractivity contribution in [2.24, 2.45) is 0 Å². The normalized spacial score (nSPS) is 22.1. The molecule has 0 spiro atoms. The quantitative estimate of drug-likeness (QED) is 0.504. The highest BCUT2D eigenvalue weighted by Crippen LogP contribution is 2.27. The van der Waals surface area contributed by atoms with Gasteiger partial charge in [-0.1, -0.05) is 11.6 Å². The molecule has 2 atom stereocenters. The number of carbonyl (C=O) groups is 1. The predicted octanol–water partition coefficient (Wildman–Crippen LogP) is 0.865. The smallest absolute Gasteiger partial charge is 0.319 e. The molecule has 1 fully saturated rings. The zero-order valence-electron chi connectivity index (χ0n) is 11.2. The number of aromatic nitrogens is 1. The molecule has 1 N–H and O–H groups in total. The maximum atomic E-state index is 12.5. The maximum absolute atomic E-state index is 12.5. The number of nitro groups is 1. The van der Waals surface area contributed by atoms with E-state index in [-0.39, 0.29) is 36.5 Å². The van der Waals surface area contributed by atoms with E-state index >= 15 is 0 Å². The van der Waals surface area contributed by atoms with Gasteiger partial charge in [-0.15, -0.1) is 0 Å². The Morgan fingerprint density at radius 1 is 1.67 bits per heavy atom. The average Bonchev–Trinajstić information content (AvgIpc) is 2.45. The molecule has 0 radical (unpaired) electrons. The number of morpholine rings is 1. The molecule has 1 aliphatic heterocycles. The minimum atomic E-state index is -0.726. The lowest BCUT2D eigenvalue weighted by atomic mass is 10.1. The van der Waals surface area contributed by atoms with Gasteiger partial charge in [0.15, 0.2) is 0 Å². The van der Waals surface area contributed by atoms with Crippen LogP contribution < -0.4 is 0 Å². The van der Waals surface area contributed by atoms with Crippen LogP contribution in [0.1, 0.15) is 17.3 Å². The highest BCUT2D eigenvalue weighted by molar-refractivity contribution is 6.32. The van der Waals surface area contributed by atoms with E-state index in [1.807, 2.05) is 0 Å². The molecule has 2 heterocycles. The van der Waals surface area contributed by atoms with E-state index in [1.54, 1.807) is 6.92 Å². The topological polar surface area (TPSA) is 106 Å². The van der Waals surface area contributed by atoms with Crippen molar-refractivity contribution in [3.05, 3.63) is 33.1 Å². The molecule has 0 aromatic carbocycles. The summed E-state index contributed by atoms with van der Waals surface area (Å²) in [5.41, 5.74) is -0.630. The first-order chi connectivity index (χ1) is 9.93. The van der Waals surface area contributed by atoms with E-state index in [9.17, 15) is 14.9 Å². The Morgan fingerprint density at radius 2 is 2.38 bits per heavy atom. The van der Waals surface area contributed by atoms with E-state index in [2.05, 4.69) is 4.98 Å². The van der Waals surface area contributed by atoms with Gasteiger partial charge in [0.1, 0.15) is 5.56 Å². The van der Waals surface area contributed by atoms with Gasteiger partial charge in [-0.2, -0.15) is 0 Å². The molecule has 21 heavy (non-hydrogen) atoms. The fraction of sp³-hybridized carbons (Fsp3) is 0.500. The molecule has 0 aliphatic carbocycles. The number of ether oxygens (including phenoxy) is 1. The van der Waals surface area contributed by atoms with Gasteiger partial charge in [-0.25, -0.2) is 4.98 Å². The van der Waals surface area contributed by atoms with Gasteiger partial charge in [0.05, 0.1) is 23.7 Å². The zero-order chi connectivity index (χ0) is 15.6. The summed E-state index contributed by atoms with van der Waals surface area (Å²) in [7, 11) is 0. The summed E-state index contributed by atoms with van der Waals surface area (Å²) in [5.74, 6) is -0.528. The lowest BCUT2D eigenvalue weighted by Gasteiger charge is -2.36. The highest BCUT2D eigenvalue weighted by Gasteiger charge is 2.33. The number of carbonyl (C=O) groups excluding carboxylic acids is 1. The Bertz CT molecular complexity index is 568. The second-order valence-corrected chi connectivity index (χ2v) is 5.07. The maximum Gasteiger partial charge on any atom is 0.319 e. The van der Waals surface area contributed by atoms with Gasteiger partial charge >= 0.3 is 5.69 Å². The second kappa shape index (κ2) is 6.33. The molecule has 2 unspecified atom stereocenters.